The number of pyridine rings is 1. The number of hydrogen-bond acceptors (Lipinski definition) is 1. The first-order chi connectivity index (χ1) is 6.06. The van der Waals surface area contributed by atoms with E-state index in [4.69, 9.17) is 0 Å². The molecule has 0 aliphatic rings. The highest BCUT2D eigenvalue weighted by atomic mass is 79.9. The standard InChI is InChI=1S/C7H5BrF3NO/c8-2-4-3(6(9)10)1-5(13)12-7(4)11/h1,6H,2H2,(H,12,13). The number of hydrogen-bond donors (Lipinski definition) is 1. The van der Waals surface area contributed by atoms with Crippen LogP contribution in [0.2, 0.25) is 0 Å². The molecule has 0 atom stereocenters. The van der Waals surface area contributed by atoms with Gasteiger partial charge in [0.25, 0.3) is 12.0 Å². The lowest BCUT2D eigenvalue weighted by Crippen LogP contribution is -2.12. The number of H-pyrrole nitrogens is 1. The van der Waals surface area contributed by atoms with Crippen molar-refractivity contribution in [3.05, 3.63) is 33.5 Å². The molecule has 0 saturated heterocycles. The van der Waals surface area contributed by atoms with Gasteiger partial charge in [-0.15, -0.1) is 0 Å². The minimum absolute atomic E-state index is 0.0602. The summed E-state index contributed by atoms with van der Waals surface area (Å²) in [7, 11) is 0. The summed E-state index contributed by atoms with van der Waals surface area (Å²) in [5.41, 5.74) is -1.65. The van der Waals surface area contributed by atoms with Crippen LogP contribution in [-0.2, 0) is 5.33 Å². The van der Waals surface area contributed by atoms with E-state index in [0.717, 1.165) is 0 Å². The van der Waals surface area contributed by atoms with Gasteiger partial charge in [0.15, 0.2) is 5.95 Å². The molecule has 1 rings (SSSR count). The van der Waals surface area contributed by atoms with E-state index in [1.807, 2.05) is 0 Å². The van der Waals surface area contributed by atoms with Crippen LogP contribution in [0.25, 0.3) is 0 Å². The summed E-state index contributed by atoms with van der Waals surface area (Å²) < 4.78 is 37.3. The summed E-state index contributed by atoms with van der Waals surface area (Å²) in [4.78, 5) is 12.4. The van der Waals surface area contributed by atoms with Gasteiger partial charge in [0.2, 0.25) is 0 Å². The van der Waals surface area contributed by atoms with Crippen molar-refractivity contribution in [1.29, 1.82) is 0 Å². The lowest BCUT2D eigenvalue weighted by atomic mass is 10.1. The molecule has 1 heterocycles. The first-order valence-corrected chi connectivity index (χ1v) is 4.44. The Labute approximate surface area is 79.9 Å². The van der Waals surface area contributed by atoms with Crippen molar-refractivity contribution in [1.82, 2.24) is 4.98 Å². The van der Waals surface area contributed by atoms with Crippen molar-refractivity contribution in [3.63, 3.8) is 0 Å². The number of aromatic amines is 1. The third-order valence-electron chi connectivity index (χ3n) is 1.50. The van der Waals surface area contributed by atoms with E-state index in [1.165, 1.54) is 0 Å². The Kier molecular flexibility index (Phi) is 3.13. The van der Waals surface area contributed by atoms with Crippen molar-refractivity contribution in [3.8, 4) is 0 Å². The van der Waals surface area contributed by atoms with Gasteiger partial charge in [0.1, 0.15) is 0 Å². The van der Waals surface area contributed by atoms with Crippen LogP contribution in [0.3, 0.4) is 0 Å². The van der Waals surface area contributed by atoms with Gasteiger partial charge in [-0.3, -0.25) is 9.78 Å². The Balaban J connectivity index is 3.38. The second-order valence-corrected chi connectivity index (χ2v) is 2.88. The predicted octanol–water partition coefficient (Wildman–Crippen LogP) is 2.35. The van der Waals surface area contributed by atoms with E-state index in [9.17, 15) is 18.0 Å². The Bertz CT molecular complexity index is 363. The number of nitrogens with one attached hydrogen (secondary N) is 1. The Morgan fingerprint density at radius 1 is 1.54 bits per heavy atom. The van der Waals surface area contributed by atoms with E-state index in [1.54, 1.807) is 4.98 Å². The Morgan fingerprint density at radius 2 is 2.15 bits per heavy atom. The molecule has 0 aromatic carbocycles. The van der Waals surface area contributed by atoms with Crippen LogP contribution in [0, 0.1) is 5.95 Å². The van der Waals surface area contributed by atoms with Crippen molar-refractivity contribution in [2.45, 2.75) is 11.8 Å². The smallest absolute Gasteiger partial charge is 0.264 e. The molecule has 1 aromatic rings. The second-order valence-electron chi connectivity index (χ2n) is 2.32. The first-order valence-electron chi connectivity index (χ1n) is 3.32. The molecule has 1 aromatic heterocycles. The maximum absolute atomic E-state index is 12.9. The average molecular weight is 256 g/mol. The summed E-state index contributed by atoms with van der Waals surface area (Å²) >= 11 is 2.86. The van der Waals surface area contributed by atoms with E-state index < -0.39 is 23.5 Å². The van der Waals surface area contributed by atoms with Gasteiger partial charge < -0.3 is 0 Å². The summed E-state index contributed by atoms with van der Waals surface area (Å²) in [5.74, 6) is -1.01. The largest absolute Gasteiger partial charge is 0.299 e. The fraction of sp³-hybridized carbons (Fsp3) is 0.286. The molecule has 13 heavy (non-hydrogen) atoms. The van der Waals surface area contributed by atoms with Crippen molar-refractivity contribution in [2.75, 3.05) is 0 Å². The molecule has 72 valence electrons. The molecular weight excluding hydrogens is 251 g/mol. The van der Waals surface area contributed by atoms with Crippen LogP contribution in [0.4, 0.5) is 13.2 Å². The number of halogens is 4. The molecule has 0 aliphatic carbocycles. The van der Waals surface area contributed by atoms with Crippen LogP contribution in [0.5, 0.6) is 0 Å². The van der Waals surface area contributed by atoms with Crippen molar-refractivity contribution >= 4 is 15.9 Å². The average Bonchev–Trinajstić information content (AvgIpc) is 2.02. The van der Waals surface area contributed by atoms with Gasteiger partial charge in [-0.05, 0) is 0 Å². The highest BCUT2D eigenvalue weighted by Crippen LogP contribution is 2.24. The molecule has 0 saturated carbocycles. The zero-order chi connectivity index (χ0) is 10.0. The predicted molar refractivity (Wildman–Crippen MR) is 44.6 cm³/mol. The van der Waals surface area contributed by atoms with Crippen LogP contribution < -0.4 is 5.56 Å². The molecule has 0 radical (unpaired) electrons. The fourth-order valence-electron chi connectivity index (χ4n) is 0.905. The summed E-state index contributed by atoms with van der Waals surface area (Å²) in [6, 6.07) is 0.699. The highest BCUT2D eigenvalue weighted by molar-refractivity contribution is 9.08. The molecule has 0 fully saturated rings. The fourth-order valence-corrected chi connectivity index (χ4v) is 1.48. The molecule has 0 aliphatic heterocycles. The van der Waals surface area contributed by atoms with Gasteiger partial charge in [-0.1, -0.05) is 15.9 Å². The minimum atomic E-state index is -2.84. The molecule has 0 spiro atoms. The van der Waals surface area contributed by atoms with Crippen LogP contribution in [-0.4, -0.2) is 4.98 Å². The second kappa shape index (κ2) is 3.95. The Hall–Kier alpha value is -0.780. The maximum Gasteiger partial charge on any atom is 0.264 e. The van der Waals surface area contributed by atoms with Gasteiger partial charge >= 0.3 is 0 Å². The SMILES string of the molecule is O=c1cc(C(F)F)c(CBr)c(F)[nH]1. The number of rotatable bonds is 2. The van der Waals surface area contributed by atoms with Crippen LogP contribution >= 0.6 is 15.9 Å². The third kappa shape index (κ3) is 2.12. The minimum Gasteiger partial charge on any atom is -0.299 e. The highest BCUT2D eigenvalue weighted by Gasteiger charge is 2.16. The van der Waals surface area contributed by atoms with Crippen LogP contribution in [0.1, 0.15) is 17.6 Å². The molecule has 1 N–H and O–H groups in total. The summed E-state index contributed by atoms with van der Waals surface area (Å²) in [6.07, 6.45) is -2.84. The normalized spacial score (nSPS) is 10.8. The number of alkyl halides is 3. The number of aromatic nitrogens is 1. The topological polar surface area (TPSA) is 32.9 Å². The molecular formula is C7H5BrF3NO. The van der Waals surface area contributed by atoms with Crippen molar-refractivity contribution < 1.29 is 13.2 Å². The van der Waals surface area contributed by atoms with Gasteiger partial charge in [-0.25, -0.2) is 8.78 Å². The molecule has 0 amide bonds. The lowest BCUT2D eigenvalue weighted by molar-refractivity contribution is 0.149. The van der Waals surface area contributed by atoms with E-state index in [2.05, 4.69) is 15.9 Å². The Morgan fingerprint density at radius 3 is 2.62 bits per heavy atom. The van der Waals surface area contributed by atoms with Crippen LogP contribution in [0.15, 0.2) is 10.9 Å². The molecule has 0 unspecified atom stereocenters. The van der Waals surface area contributed by atoms with E-state index >= 15 is 0 Å². The zero-order valence-corrected chi connectivity index (χ0v) is 7.87. The van der Waals surface area contributed by atoms with Gasteiger partial charge in [-0.2, -0.15) is 4.39 Å². The van der Waals surface area contributed by atoms with Gasteiger partial charge in [0, 0.05) is 22.5 Å². The third-order valence-corrected chi connectivity index (χ3v) is 2.06. The van der Waals surface area contributed by atoms with Gasteiger partial charge in [0.05, 0.1) is 0 Å². The van der Waals surface area contributed by atoms with Crippen molar-refractivity contribution in [2.24, 2.45) is 0 Å². The molecule has 6 heteroatoms. The summed E-state index contributed by atoms with van der Waals surface area (Å²) in [6.45, 7) is 0. The summed E-state index contributed by atoms with van der Waals surface area (Å²) in [5, 5.41) is -0.0602. The quantitative estimate of drug-likeness (QED) is 0.639. The van der Waals surface area contributed by atoms with E-state index in [-0.39, 0.29) is 10.9 Å². The first kappa shape index (κ1) is 10.3. The lowest BCUT2D eigenvalue weighted by Gasteiger charge is -2.05. The molecule has 2 nitrogen and oxygen atoms in total. The monoisotopic (exact) mass is 255 g/mol. The van der Waals surface area contributed by atoms with E-state index in [0.29, 0.717) is 6.07 Å². The maximum atomic E-state index is 12.9. The molecule has 0 bridgehead atoms. The zero-order valence-electron chi connectivity index (χ0n) is 6.28.